The summed E-state index contributed by atoms with van der Waals surface area (Å²) in [6.45, 7) is 0. The van der Waals surface area contributed by atoms with E-state index in [1.54, 1.807) is 24.3 Å². The minimum absolute atomic E-state index is 0.0485. The van der Waals surface area contributed by atoms with Crippen LogP contribution in [0.4, 0.5) is 17.1 Å². The fraction of sp³-hybridized carbons (Fsp3) is 0.250. The van der Waals surface area contributed by atoms with Gasteiger partial charge in [0.2, 0.25) is 17.7 Å². The number of hydrogen-bond donors (Lipinski definition) is 3. The van der Waals surface area contributed by atoms with Gasteiger partial charge in [-0.2, -0.15) is 0 Å². The van der Waals surface area contributed by atoms with Gasteiger partial charge in [0.25, 0.3) is 0 Å². The first-order chi connectivity index (χ1) is 13.1. The largest absolute Gasteiger partial charge is 0.326 e. The number of anilines is 3. The summed E-state index contributed by atoms with van der Waals surface area (Å²) < 4.78 is 0. The topological polar surface area (TPSA) is 87.3 Å². The van der Waals surface area contributed by atoms with E-state index >= 15 is 0 Å². The second-order valence-corrected chi connectivity index (χ2v) is 7.93. The van der Waals surface area contributed by atoms with Crippen LogP contribution < -0.4 is 16.0 Å². The predicted molar refractivity (Wildman–Crippen MR) is 106 cm³/mol. The summed E-state index contributed by atoms with van der Waals surface area (Å²) >= 11 is 1.40. The summed E-state index contributed by atoms with van der Waals surface area (Å²) in [5, 5.41) is 8.04. The first-order valence-corrected chi connectivity index (χ1v) is 9.74. The Kier molecular flexibility index (Phi) is 4.85. The van der Waals surface area contributed by atoms with Gasteiger partial charge in [0.05, 0.1) is 10.9 Å². The zero-order valence-electron chi connectivity index (χ0n) is 14.5. The van der Waals surface area contributed by atoms with Gasteiger partial charge in [-0.1, -0.05) is 12.1 Å². The van der Waals surface area contributed by atoms with Crippen LogP contribution in [-0.4, -0.2) is 23.0 Å². The number of para-hydroxylation sites is 1. The SMILES string of the molecule is O=C(C[C@H]1Sc2ccccc2NC1=O)Nc1ccc(NC(=O)C2CC2)cc1. The van der Waals surface area contributed by atoms with Crippen molar-refractivity contribution in [3.8, 4) is 0 Å². The quantitative estimate of drug-likeness (QED) is 0.740. The fourth-order valence-electron chi connectivity index (χ4n) is 2.83. The van der Waals surface area contributed by atoms with Gasteiger partial charge in [-0.15, -0.1) is 11.8 Å². The van der Waals surface area contributed by atoms with Crippen LogP contribution in [-0.2, 0) is 14.4 Å². The van der Waals surface area contributed by atoms with Crippen LogP contribution in [0.2, 0.25) is 0 Å². The lowest BCUT2D eigenvalue weighted by atomic mass is 10.2. The molecule has 27 heavy (non-hydrogen) atoms. The summed E-state index contributed by atoms with van der Waals surface area (Å²) in [6, 6.07) is 14.5. The van der Waals surface area contributed by atoms with Gasteiger partial charge in [0.1, 0.15) is 0 Å². The van der Waals surface area contributed by atoms with E-state index in [1.165, 1.54) is 11.8 Å². The summed E-state index contributed by atoms with van der Waals surface area (Å²) in [6.07, 6.45) is 2.00. The summed E-state index contributed by atoms with van der Waals surface area (Å²) in [7, 11) is 0. The number of thioether (sulfide) groups is 1. The number of nitrogens with one attached hydrogen (secondary N) is 3. The number of hydrogen-bond acceptors (Lipinski definition) is 4. The van der Waals surface area contributed by atoms with Gasteiger partial charge in [-0.3, -0.25) is 14.4 Å². The molecule has 2 aliphatic rings. The van der Waals surface area contributed by atoms with Crippen molar-refractivity contribution in [2.45, 2.75) is 29.4 Å². The number of amides is 3. The molecule has 0 spiro atoms. The predicted octanol–water partition coefficient (Wildman–Crippen LogP) is 3.48. The zero-order valence-corrected chi connectivity index (χ0v) is 15.3. The molecular formula is C20H19N3O3S. The molecule has 1 atom stereocenters. The molecule has 1 saturated carbocycles. The maximum Gasteiger partial charge on any atom is 0.238 e. The standard InChI is InChI=1S/C20H19N3O3S/c24-18(11-17-20(26)23-15-3-1-2-4-16(15)27-17)21-13-7-9-14(10-8-13)22-19(25)12-5-6-12/h1-4,7-10,12,17H,5-6,11H2,(H,21,24)(H,22,25)(H,23,26)/t17-/m1/s1. The van der Waals surface area contributed by atoms with E-state index in [2.05, 4.69) is 16.0 Å². The van der Waals surface area contributed by atoms with Crippen LogP contribution in [0.25, 0.3) is 0 Å². The Morgan fingerprint density at radius 1 is 1.00 bits per heavy atom. The maximum absolute atomic E-state index is 12.3. The van der Waals surface area contributed by atoms with Crippen LogP contribution in [0.15, 0.2) is 53.4 Å². The Labute approximate surface area is 161 Å². The third-order valence-corrected chi connectivity index (χ3v) is 5.74. The lowest BCUT2D eigenvalue weighted by Gasteiger charge is -2.23. The second kappa shape index (κ2) is 7.44. The van der Waals surface area contributed by atoms with E-state index in [9.17, 15) is 14.4 Å². The van der Waals surface area contributed by atoms with Gasteiger partial charge >= 0.3 is 0 Å². The number of carbonyl (C=O) groups is 3. The molecule has 1 heterocycles. The van der Waals surface area contributed by atoms with Crippen molar-refractivity contribution in [1.29, 1.82) is 0 Å². The Bertz CT molecular complexity index is 894. The molecule has 0 aromatic heterocycles. The Balaban J connectivity index is 1.32. The molecule has 2 aromatic rings. The summed E-state index contributed by atoms with van der Waals surface area (Å²) in [5.41, 5.74) is 2.13. The average molecular weight is 381 g/mol. The van der Waals surface area contributed by atoms with Crippen molar-refractivity contribution >= 4 is 46.5 Å². The Morgan fingerprint density at radius 3 is 2.37 bits per heavy atom. The van der Waals surface area contributed by atoms with Gasteiger partial charge in [0.15, 0.2) is 0 Å². The third-order valence-electron chi connectivity index (χ3n) is 4.46. The molecule has 0 radical (unpaired) electrons. The monoisotopic (exact) mass is 381 g/mol. The molecule has 2 aromatic carbocycles. The average Bonchev–Trinajstić information content (AvgIpc) is 3.49. The van der Waals surface area contributed by atoms with E-state index in [0.29, 0.717) is 11.4 Å². The Hall–Kier alpha value is -2.80. The molecule has 0 bridgehead atoms. The van der Waals surface area contributed by atoms with Gasteiger partial charge < -0.3 is 16.0 Å². The van der Waals surface area contributed by atoms with Crippen LogP contribution in [0.3, 0.4) is 0 Å². The smallest absolute Gasteiger partial charge is 0.238 e. The molecule has 1 aliphatic carbocycles. The number of carbonyl (C=O) groups excluding carboxylic acids is 3. The van der Waals surface area contributed by atoms with Crippen LogP contribution in [0, 0.1) is 5.92 Å². The van der Waals surface area contributed by atoms with Crippen molar-refractivity contribution in [2.75, 3.05) is 16.0 Å². The summed E-state index contributed by atoms with van der Waals surface area (Å²) in [4.78, 5) is 37.2. The molecule has 0 saturated heterocycles. The molecule has 138 valence electrons. The van der Waals surface area contributed by atoms with Crippen molar-refractivity contribution in [3.05, 3.63) is 48.5 Å². The molecular weight excluding hydrogens is 362 g/mol. The fourth-order valence-corrected chi connectivity index (χ4v) is 3.94. The van der Waals surface area contributed by atoms with E-state index in [4.69, 9.17) is 0 Å². The molecule has 7 heteroatoms. The third kappa shape index (κ3) is 4.31. The van der Waals surface area contributed by atoms with Crippen molar-refractivity contribution in [3.63, 3.8) is 0 Å². The molecule has 1 fully saturated rings. The van der Waals surface area contributed by atoms with Crippen molar-refractivity contribution in [1.82, 2.24) is 0 Å². The molecule has 4 rings (SSSR count). The van der Waals surface area contributed by atoms with Crippen LogP contribution in [0.5, 0.6) is 0 Å². The number of fused-ring (bicyclic) bond motifs is 1. The normalized spacial score (nSPS) is 18.2. The number of rotatable bonds is 5. The minimum Gasteiger partial charge on any atom is -0.326 e. The highest BCUT2D eigenvalue weighted by Crippen LogP contribution is 2.36. The Morgan fingerprint density at radius 2 is 1.67 bits per heavy atom. The molecule has 3 amide bonds. The molecule has 1 aliphatic heterocycles. The van der Waals surface area contributed by atoms with Gasteiger partial charge in [-0.25, -0.2) is 0 Å². The molecule has 6 nitrogen and oxygen atoms in total. The van der Waals surface area contributed by atoms with Crippen LogP contribution in [0.1, 0.15) is 19.3 Å². The lowest BCUT2D eigenvalue weighted by molar-refractivity contribution is -0.120. The van der Waals surface area contributed by atoms with E-state index < -0.39 is 5.25 Å². The van der Waals surface area contributed by atoms with Crippen molar-refractivity contribution in [2.24, 2.45) is 5.92 Å². The minimum atomic E-state index is -0.461. The molecule has 3 N–H and O–H groups in total. The van der Waals surface area contributed by atoms with Crippen LogP contribution >= 0.6 is 11.8 Å². The second-order valence-electron chi connectivity index (χ2n) is 6.69. The van der Waals surface area contributed by atoms with E-state index in [1.807, 2.05) is 24.3 Å². The van der Waals surface area contributed by atoms with Gasteiger partial charge in [-0.05, 0) is 49.2 Å². The maximum atomic E-state index is 12.3. The number of benzene rings is 2. The lowest BCUT2D eigenvalue weighted by Crippen LogP contribution is -2.32. The molecule has 0 unspecified atom stereocenters. The zero-order chi connectivity index (χ0) is 18.8. The first-order valence-electron chi connectivity index (χ1n) is 8.86. The van der Waals surface area contributed by atoms with Gasteiger partial charge in [0, 0.05) is 28.6 Å². The highest BCUT2D eigenvalue weighted by atomic mass is 32.2. The van der Waals surface area contributed by atoms with Crippen molar-refractivity contribution < 1.29 is 14.4 Å². The highest BCUT2D eigenvalue weighted by molar-refractivity contribution is 8.01. The van der Waals surface area contributed by atoms with E-state index in [0.717, 1.165) is 23.4 Å². The first kappa shape index (κ1) is 17.6. The summed E-state index contributed by atoms with van der Waals surface area (Å²) in [5.74, 6) is -0.190. The van der Waals surface area contributed by atoms with E-state index in [-0.39, 0.29) is 30.1 Å². The highest BCUT2D eigenvalue weighted by Gasteiger charge is 2.30.